The van der Waals surface area contributed by atoms with Gasteiger partial charge in [0.05, 0.1) is 8.30 Å². The predicted molar refractivity (Wildman–Crippen MR) is 95.8 cm³/mol. The van der Waals surface area contributed by atoms with Gasteiger partial charge in [0.2, 0.25) is 0 Å². The molecule has 3 aromatic rings. The van der Waals surface area contributed by atoms with Crippen LogP contribution in [0, 0.1) is 6.92 Å². The first-order valence-electron chi connectivity index (χ1n) is 7.93. The lowest BCUT2D eigenvalue weighted by Gasteiger charge is -2.10. The second-order valence-electron chi connectivity index (χ2n) is 5.43. The quantitative estimate of drug-likeness (QED) is 0.412. The van der Waals surface area contributed by atoms with Crippen LogP contribution in [0.1, 0.15) is 36.9 Å². The SMILES string of the molecule is [2H]c1cc([2H])c2oc(C(C)(F)F)c(C(=O)c3cc(Br)c(C)c(Br)c3)c2c1. The van der Waals surface area contributed by atoms with Crippen LogP contribution in [0.25, 0.3) is 11.0 Å². The van der Waals surface area contributed by atoms with Crippen molar-refractivity contribution in [2.24, 2.45) is 0 Å². The minimum Gasteiger partial charge on any atom is -0.454 e. The van der Waals surface area contributed by atoms with E-state index in [1.54, 1.807) is 12.1 Å². The van der Waals surface area contributed by atoms with Crippen molar-refractivity contribution in [3.8, 4) is 0 Å². The fraction of sp³-hybridized carbons (Fsp3) is 0.167. The molecule has 0 N–H and O–H groups in total. The van der Waals surface area contributed by atoms with E-state index in [0.717, 1.165) is 5.56 Å². The summed E-state index contributed by atoms with van der Waals surface area (Å²) >= 11 is 6.69. The molecule has 0 aliphatic rings. The summed E-state index contributed by atoms with van der Waals surface area (Å²) in [6, 6.07) is 5.25. The third-order valence-electron chi connectivity index (χ3n) is 3.63. The van der Waals surface area contributed by atoms with E-state index in [9.17, 15) is 13.6 Å². The molecule has 0 aliphatic carbocycles. The Morgan fingerprint density at radius 2 is 1.92 bits per heavy atom. The first kappa shape index (κ1) is 14.8. The fourth-order valence-electron chi connectivity index (χ4n) is 2.38. The molecule has 1 heterocycles. The maximum Gasteiger partial charge on any atom is 0.302 e. The van der Waals surface area contributed by atoms with E-state index >= 15 is 0 Å². The van der Waals surface area contributed by atoms with Crippen LogP contribution in [0.15, 0.2) is 49.7 Å². The molecule has 0 atom stereocenters. The maximum atomic E-state index is 14.1. The van der Waals surface area contributed by atoms with Crippen molar-refractivity contribution in [2.45, 2.75) is 19.8 Å². The zero-order chi connectivity index (χ0) is 19.4. The summed E-state index contributed by atoms with van der Waals surface area (Å²) in [5, 5.41) is 0.0387. The van der Waals surface area contributed by atoms with Crippen LogP contribution < -0.4 is 0 Å². The minimum atomic E-state index is -3.42. The first-order valence-corrected chi connectivity index (χ1v) is 8.51. The summed E-state index contributed by atoms with van der Waals surface area (Å²) in [5.41, 5.74) is 0.592. The number of hydrogen-bond acceptors (Lipinski definition) is 2. The Hall–Kier alpha value is -1.53. The van der Waals surface area contributed by atoms with Gasteiger partial charge in [0.1, 0.15) is 5.58 Å². The van der Waals surface area contributed by atoms with Crippen LogP contribution in [-0.2, 0) is 5.92 Å². The maximum absolute atomic E-state index is 14.1. The van der Waals surface area contributed by atoms with E-state index in [-0.39, 0.29) is 34.2 Å². The highest BCUT2D eigenvalue weighted by Crippen LogP contribution is 2.38. The van der Waals surface area contributed by atoms with Gasteiger partial charge in [-0.05, 0) is 30.7 Å². The lowest BCUT2D eigenvalue weighted by molar-refractivity contribution is -0.00469. The van der Waals surface area contributed by atoms with E-state index in [4.69, 9.17) is 7.16 Å². The molecule has 124 valence electrons. The molecular weight excluding hydrogens is 446 g/mol. The number of halogens is 4. The summed E-state index contributed by atoms with van der Waals surface area (Å²) in [6.07, 6.45) is 0. The molecule has 1 aromatic heterocycles. The molecule has 0 saturated carbocycles. The highest BCUT2D eigenvalue weighted by molar-refractivity contribution is 9.11. The number of carbonyl (C=O) groups is 1. The molecule has 0 radical (unpaired) electrons. The first-order chi connectivity index (χ1) is 12.0. The number of ketones is 1. The van der Waals surface area contributed by atoms with Gasteiger partial charge in [-0.2, -0.15) is 8.78 Å². The highest BCUT2D eigenvalue weighted by Gasteiger charge is 2.36. The molecule has 6 heteroatoms. The number of rotatable bonds is 3. The topological polar surface area (TPSA) is 30.2 Å². The third-order valence-corrected chi connectivity index (χ3v) is 5.28. The minimum absolute atomic E-state index is 0.0387. The number of hydrogen-bond donors (Lipinski definition) is 0. The number of para-hydroxylation sites is 1. The number of furan rings is 1. The zero-order valence-corrected chi connectivity index (χ0v) is 15.8. The van der Waals surface area contributed by atoms with Crippen molar-refractivity contribution in [3.05, 3.63) is 67.7 Å². The van der Waals surface area contributed by atoms with Crippen LogP contribution in [0.2, 0.25) is 0 Å². The number of benzene rings is 2. The molecule has 0 bridgehead atoms. The Morgan fingerprint density at radius 1 is 1.29 bits per heavy atom. The average Bonchev–Trinajstić information content (AvgIpc) is 2.91. The van der Waals surface area contributed by atoms with Gasteiger partial charge in [0.15, 0.2) is 11.5 Å². The summed E-state index contributed by atoms with van der Waals surface area (Å²) in [7, 11) is 0. The van der Waals surface area contributed by atoms with Crippen molar-refractivity contribution >= 4 is 48.6 Å². The van der Waals surface area contributed by atoms with Crippen LogP contribution >= 0.6 is 31.9 Å². The van der Waals surface area contributed by atoms with E-state index in [0.29, 0.717) is 15.9 Å². The van der Waals surface area contributed by atoms with Crippen molar-refractivity contribution in [1.82, 2.24) is 0 Å². The monoisotopic (exact) mass is 458 g/mol. The number of fused-ring (bicyclic) bond motifs is 1. The Labute approximate surface area is 156 Å². The summed E-state index contributed by atoms with van der Waals surface area (Å²) in [6.45, 7) is 2.47. The molecule has 2 aromatic carbocycles. The van der Waals surface area contributed by atoms with Crippen LogP contribution in [-0.4, -0.2) is 5.78 Å². The number of carbonyl (C=O) groups excluding carboxylic acids is 1. The van der Waals surface area contributed by atoms with Crippen molar-refractivity contribution < 1.29 is 20.7 Å². The smallest absolute Gasteiger partial charge is 0.302 e. The van der Waals surface area contributed by atoms with Gasteiger partial charge in [-0.15, -0.1) is 0 Å². The molecule has 3 rings (SSSR count). The molecule has 0 amide bonds. The molecule has 24 heavy (non-hydrogen) atoms. The van der Waals surface area contributed by atoms with Gasteiger partial charge in [0, 0.05) is 26.8 Å². The van der Waals surface area contributed by atoms with Crippen molar-refractivity contribution in [1.29, 1.82) is 0 Å². The van der Waals surface area contributed by atoms with E-state index in [1.807, 2.05) is 6.92 Å². The molecule has 0 spiro atoms. The molecule has 0 aliphatic heterocycles. The Morgan fingerprint density at radius 3 is 2.50 bits per heavy atom. The van der Waals surface area contributed by atoms with E-state index < -0.39 is 17.5 Å². The molecule has 0 fully saturated rings. The van der Waals surface area contributed by atoms with Gasteiger partial charge < -0.3 is 4.42 Å². The summed E-state index contributed by atoms with van der Waals surface area (Å²) in [4.78, 5) is 13.1. The Bertz CT molecular complexity index is 1030. The van der Waals surface area contributed by atoms with Crippen LogP contribution in [0.5, 0.6) is 0 Å². The number of alkyl halides is 2. The average molecular weight is 460 g/mol. The molecule has 0 saturated heterocycles. The van der Waals surface area contributed by atoms with E-state index in [1.165, 1.54) is 12.1 Å². The van der Waals surface area contributed by atoms with Crippen molar-refractivity contribution in [3.63, 3.8) is 0 Å². The van der Waals surface area contributed by atoms with Gasteiger partial charge in [0.25, 0.3) is 0 Å². The van der Waals surface area contributed by atoms with Gasteiger partial charge >= 0.3 is 5.92 Å². The third kappa shape index (κ3) is 2.93. The lowest BCUT2D eigenvalue weighted by atomic mass is 9.98. The summed E-state index contributed by atoms with van der Waals surface area (Å²) in [5.74, 6) is -4.88. The van der Waals surface area contributed by atoms with Gasteiger partial charge in [-0.1, -0.05) is 50.0 Å². The van der Waals surface area contributed by atoms with Gasteiger partial charge in [-0.25, -0.2) is 0 Å². The zero-order valence-electron chi connectivity index (χ0n) is 14.6. The Balaban J connectivity index is 2.34. The molecular formula is C18H12Br2F2O2. The second-order valence-corrected chi connectivity index (χ2v) is 7.14. The standard InChI is InChI=1S/C18H12Br2F2O2/c1-9-12(19)7-10(8-13(9)20)16(23)15-11-5-3-4-6-14(11)24-17(15)18(2,21)22/h3-8H,1-2H3/i3D,6D. The molecule has 0 unspecified atom stereocenters. The predicted octanol–water partition coefficient (Wildman–Crippen LogP) is 6.61. The van der Waals surface area contributed by atoms with Crippen LogP contribution in [0.3, 0.4) is 0 Å². The fourth-order valence-corrected chi connectivity index (χ4v) is 3.56. The molecule has 2 nitrogen and oxygen atoms in total. The lowest BCUT2D eigenvalue weighted by Crippen LogP contribution is -2.13. The summed E-state index contributed by atoms with van der Waals surface area (Å²) < 4.78 is 50.4. The van der Waals surface area contributed by atoms with Crippen molar-refractivity contribution in [2.75, 3.05) is 0 Å². The highest BCUT2D eigenvalue weighted by atomic mass is 79.9. The van der Waals surface area contributed by atoms with Gasteiger partial charge in [-0.3, -0.25) is 4.79 Å². The second kappa shape index (κ2) is 6.08. The normalized spacial score (nSPS) is 13.1. The van der Waals surface area contributed by atoms with Crippen LogP contribution in [0.4, 0.5) is 8.78 Å². The van der Waals surface area contributed by atoms with E-state index in [2.05, 4.69) is 31.9 Å². The Kier molecular flexibility index (Phi) is 3.74. The largest absolute Gasteiger partial charge is 0.454 e.